The van der Waals surface area contributed by atoms with Gasteiger partial charge in [-0.1, -0.05) is 6.92 Å². The Morgan fingerprint density at radius 3 is 2.65 bits per heavy atom. The first-order valence-corrected chi connectivity index (χ1v) is 6.44. The first-order valence-electron chi connectivity index (χ1n) is 6.44. The first kappa shape index (κ1) is 12.1. The lowest BCUT2D eigenvalue weighted by molar-refractivity contribution is 0.267. The highest BCUT2D eigenvalue weighted by Gasteiger charge is 2.35. The maximum absolute atomic E-state index is 5.44. The summed E-state index contributed by atoms with van der Waals surface area (Å²) in [7, 11) is 0. The van der Waals surface area contributed by atoms with E-state index in [1.807, 2.05) is 19.9 Å². The Kier molecular flexibility index (Phi) is 3.50. The molecule has 1 saturated carbocycles. The molecule has 1 aliphatic carbocycles. The van der Waals surface area contributed by atoms with Crippen LogP contribution in [0.3, 0.4) is 0 Å². The van der Waals surface area contributed by atoms with Gasteiger partial charge in [0.05, 0.1) is 6.61 Å². The summed E-state index contributed by atoms with van der Waals surface area (Å²) in [4.78, 5) is 8.82. The molecule has 0 bridgehead atoms. The van der Waals surface area contributed by atoms with E-state index in [-0.39, 0.29) is 5.54 Å². The van der Waals surface area contributed by atoms with Crippen LogP contribution in [0.2, 0.25) is 0 Å². The first-order chi connectivity index (χ1) is 8.17. The molecule has 1 heterocycles. The van der Waals surface area contributed by atoms with Gasteiger partial charge in [-0.05, 0) is 39.5 Å². The quantitative estimate of drug-likeness (QED) is 0.852. The summed E-state index contributed by atoms with van der Waals surface area (Å²) in [5.41, 5.74) is 1.16. The molecule has 0 aromatic carbocycles. The number of hydrogen-bond acceptors (Lipinski definition) is 4. The van der Waals surface area contributed by atoms with Gasteiger partial charge in [0.1, 0.15) is 0 Å². The summed E-state index contributed by atoms with van der Waals surface area (Å²) in [5, 5.41) is 3.48. The van der Waals surface area contributed by atoms with E-state index in [9.17, 15) is 0 Å². The zero-order valence-corrected chi connectivity index (χ0v) is 10.9. The van der Waals surface area contributed by atoms with E-state index in [0.717, 1.165) is 12.1 Å². The van der Waals surface area contributed by atoms with Gasteiger partial charge in [0.2, 0.25) is 11.8 Å². The van der Waals surface area contributed by atoms with Crippen molar-refractivity contribution in [2.75, 3.05) is 11.9 Å². The molecule has 2 rings (SSSR count). The third-order valence-electron chi connectivity index (χ3n) is 3.49. The van der Waals surface area contributed by atoms with Crippen LogP contribution in [0.15, 0.2) is 6.07 Å². The molecule has 1 aliphatic rings. The number of ether oxygens (including phenoxy) is 1. The number of aryl methyl sites for hydroxylation is 1. The number of rotatable bonds is 5. The number of anilines is 1. The van der Waals surface area contributed by atoms with Crippen LogP contribution in [-0.2, 0) is 0 Å². The third kappa shape index (κ3) is 2.68. The second-order valence-electron chi connectivity index (χ2n) is 4.72. The second-order valence-corrected chi connectivity index (χ2v) is 4.72. The highest BCUT2D eigenvalue weighted by atomic mass is 16.5. The molecule has 0 atom stereocenters. The van der Waals surface area contributed by atoms with Gasteiger partial charge in [-0.25, -0.2) is 4.98 Å². The standard InChI is InChI=1S/C13H21N3O/c1-4-13(7-6-8-13)16-12-14-10(3)9-11(15-12)17-5-2/h9H,4-8H2,1-3H3,(H,14,15,16). The average molecular weight is 235 g/mol. The molecule has 0 saturated heterocycles. The predicted molar refractivity (Wildman–Crippen MR) is 68.4 cm³/mol. The summed E-state index contributed by atoms with van der Waals surface area (Å²) >= 11 is 0. The molecule has 1 aromatic rings. The molecule has 0 spiro atoms. The molecule has 0 amide bonds. The lowest BCUT2D eigenvalue weighted by atomic mass is 9.75. The largest absolute Gasteiger partial charge is 0.478 e. The number of hydrogen-bond donors (Lipinski definition) is 1. The Labute approximate surface area is 103 Å². The zero-order chi connectivity index (χ0) is 12.3. The lowest BCUT2D eigenvalue weighted by Gasteiger charge is -2.42. The molecule has 4 nitrogen and oxygen atoms in total. The van der Waals surface area contributed by atoms with Gasteiger partial charge < -0.3 is 10.1 Å². The van der Waals surface area contributed by atoms with Crippen LogP contribution in [0.1, 0.15) is 45.2 Å². The topological polar surface area (TPSA) is 47.0 Å². The van der Waals surface area contributed by atoms with E-state index in [1.54, 1.807) is 0 Å². The van der Waals surface area contributed by atoms with E-state index < -0.39 is 0 Å². The predicted octanol–water partition coefficient (Wildman–Crippen LogP) is 2.93. The van der Waals surface area contributed by atoms with Gasteiger partial charge in [0, 0.05) is 17.3 Å². The molecule has 17 heavy (non-hydrogen) atoms. The van der Waals surface area contributed by atoms with Crippen LogP contribution in [0.25, 0.3) is 0 Å². The highest BCUT2D eigenvalue weighted by molar-refractivity contribution is 5.35. The summed E-state index contributed by atoms with van der Waals surface area (Å²) in [6.45, 7) is 6.78. The highest BCUT2D eigenvalue weighted by Crippen LogP contribution is 2.37. The number of aromatic nitrogens is 2. The smallest absolute Gasteiger partial charge is 0.226 e. The van der Waals surface area contributed by atoms with Gasteiger partial charge in [0.15, 0.2) is 0 Å². The minimum absolute atomic E-state index is 0.220. The molecule has 0 unspecified atom stereocenters. The normalized spacial score (nSPS) is 17.4. The maximum Gasteiger partial charge on any atom is 0.226 e. The van der Waals surface area contributed by atoms with E-state index >= 15 is 0 Å². The second kappa shape index (κ2) is 4.90. The molecule has 4 heteroatoms. The summed E-state index contributed by atoms with van der Waals surface area (Å²) < 4.78 is 5.44. The average Bonchev–Trinajstić information content (AvgIpc) is 2.23. The Hall–Kier alpha value is -1.32. The van der Waals surface area contributed by atoms with Crippen molar-refractivity contribution >= 4 is 5.95 Å². The summed E-state index contributed by atoms with van der Waals surface area (Å²) in [6.07, 6.45) is 4.84. The van der Waals surface area contributed by atoms with Crippen LogP contribution >= 0.6 is 0 Å². The lowest BCUT2D eigenvalue weighted by Crippen LogP contribution is -2.44. The maximum atomic E-state index is 5.44. The van der Waals surface area contributed by atoms with Crippen molar-refractivity contribution in [3.05, 3.63) is 11.8 Å². The summed E-state index contributed by atoms with van der Waals surface area (Å²) in [5.74, 6) is 1.36. The SMILES string of the molecule is CCOc1cc(C)nc(NC2(CC)CCC2)n1. The fourth-order valence-corrected chi connectivity index (χ4v) is 2.23. The van der Waals surface area contributed by atoms with Crippen molar-refractivity contribution in [3.8, 4) is 5.88 Å². The van der Waals surface area contributed by atoms with Crippen molar-refractivity contribution < 1.29 is 4.74 Å². The monoisotopic (exact) mass is 235 g/mol. The Balaban J connectivity index is 2.14. The van der Waals surface area contributed by atoms with Crippen molar-refractivity contribution in [2.24, 2.45) is 0 Å². The van der Waals surface area contributed by atoms with Crippen molar-refractivity contribution in [1.82, 2.24) is 9.97 Å². The molecular formula is C13H21N3O. The number of nitrogens with one attached hydrogen (secondary N) is 1. The molecular weight excluding hydrogens is 214 g/mol. The van der Waals surface area contributed by atoms with Gasteiger partial charge in [-0.3, -0.25) is 0 Å². The molecule has 1 N–H and O–H groups in total. The molecule has 1 fully saturated rings. The van der Waals surface area contributed by atoms with Crippen LogP contribution < -0.4 is 10.1 Å². The van der Waals surface area contributed by atoms with Crippen LogP contribution in [0, 0.1) is 6.92 Å². The number of nitrogens with zero attached hydrogens (tertiary/aromatic N) is 2. The van der Waals surface area contributed by atoms with Crippen molar-refractivity contribution in [3.63, 3.8) is 0 Å². The van der Waals surface area contributed by atoms with E-state index in [2.05, 4.69) is 22.2 Å². The molecule has 1 aromatic heterocycles. The fraction of sp³-hybridized carbons (Fsp3) is 0.692. The molecule has 0 aliphatic heterocycles. The fourth-order valence-electron chi connectivity index (χ4n) is 2.23. The van der Waals surface area contributed by atoms with Gasteiger partial charge in [0.25, 0.3) is 0 Å². The van der Waals surface area contributed by atoms with Crippen LogP contribution in [0.4, 0.5) is 5.95 Å². The molecule has 0 radical (unpaired) electrons. The Morgan fingerprint density at radius 2 is 2.12 bits per heavy atom. The molecule has 94 valence electrons. The third-order valence-corrected chi connectivity index (χ3v) is 3.49. The van der Waals surface area contributed by atoms with E-state index in [4.69, 9.17) is 4.74 Å². The van der Waals surface area contributed by atoms with Crippen molar-refractivity contribution in [2.45, 2.75) is 52.0 Å². The van der Waals surface area contributed by atoms with Crippen molar-refractivity contribution in [1.29, 1.82) is 0 Å². The van der Waals surface area contributed by atoms with E-state index in [1.165, 1.54) is 19.3 Å². The van der Waals surface area contributed by atoms with Crippen LogP contribution in [0.5, 0.6) is 5.88 Å². The Bertz CT molecular complexity index is 383. The van der Waals surface area contributed by atoms with Gasteiger partial charge >= 0.3 is 0 Å². The minimum Gasteiger partial charge on any atom is -0.478 e. The van der Waals surface area contributed by atoms with Gasteiger partial charge in [-0.2, -0.15) is 4.98 Å². The minimum atomic E-state index is 0.220. The van der Waals surface area contributed by atoms with Crippen LogP contribution in [-0.4, -0.2) is 22.1 Å². The zero-order valence-electron chi connectivity index (χ0n) is 10.9. The van der Waals surface area contributed by atoms with E-state index in [0.29, 0.717) is 18.4 Å². The Morgan fingerprint density at radius 1 is 1.35 bits per heavy atom. The van der Waals surface area contributed by atoms with Gasteiger partial charge in [-0.15, -0.1) is 0 Å². The summed E-state index contributed by atoms with van der Waals surface area (Å²) in [6, 6.07) is 1.87.